The van der Waals surface area contributed by atoms with E-state index in [1.54, 1.807) is 22.7 Å². The summed E-state index contributed by atoms with van der Waals surface area (Å²) in [6, 6.07) is 1.98. The van der Waals surface area contributed by atoms with Crippen LogP contribution < -0.4 is 5.32 Å². The maximum absolute atomic E-state index is 11.7. The smallest absolute Gasteiger partial charge is 0.246 e. The molecule has 0 spiro atoms. The van der Waals surface area contributed by atoms with Crippen LogP contribution in [0.25, 0.3) is 0 Å². The molecule has 1 atom stereocenters. The number of thiophene rings is 1. The Morgan fingerprint density at radius 3 is 2.85 bits per heavy atom. The molecule has 0 aliphatic rings. The van der Waals surface area contributed by atoms with Crippen LogP contribution in [0.15, 0.2) is 22.2 Å². The quantitative estimate of drug-likeness (QED) is 0.884. The van der Waals surface area contributed by atoms with Gasteiger partial charge in [-0.2, -0.15) is 11.3 Å². The highest BCUT2D eigenvalue weighted by atomic mass is 35.5. The molecule has 7 heteroatoms. The molecule has 2 aromatic heterocycles. The van der Waals surface area contributed by atoms with Gasteiger partial charge >= 0.3 is 0 Å². The highest BCUT2D eigenvalue weighted by Crippen LogP contribution is 2.23. The zero-order valence-corrected chi connectivity index (χ0v) is 13.7. The predicted molar refractivity (Wildman–Crippen MR) is 84.9 cm³/mol. The second-order valence-corrected chi connectivity index (χ2v) is 5.89. The van der Waals surface area contributed by atoms with Crippen molar-refractivity contribution in [2.45, 2.75) is 19.4 Å². The molecule has 0 aliphatic heterocycles. The van der Waals surface area contributed by atoms with E-state index in [2.05, 4.69) is 21.7 Å². The molecule has 0 radical (unpaired) electrons. The van der Waals surface area contributed by atoms with Crippen LogP contribution in [0.2, 0.25) is 0 Å². The van der Waals surface area contributed by atoms with E-state index in [-0.39, 0.29) is 31.0 Å². The lowest BCUT2D eigenvalue weighted by Crippen LogP contribution is -2.32. The molecule has 1 unspecified atom stereocenters. The molecular weight excluding hydrogens is 316 g/mol. The fraction of sp³-hybridized carbons (Fsp3) is 0.385. The van der Waals surface area contributed by atoms with Gasteiger partial charge in [0.1, 0.15) is 11.6 Å². The predicted octanol–water partition coefficient (Wildman–Crippen LogP) is 2.98. The lowest BCUT2D eigenvalue weighted by Gasteiger charge is -2.15. The molecule has 1 N–H and O–H groups in total. The van der Waals surface area contributed by atoms with Crippen molar-refractivity contribution in [3.8, 4) is 0 Å². The number of hydrogen-bond donors (Lipinski definition) is 1. The largest absolute Gasteiger partial charge is 0.375 e. The van der Waals surface area contributed by atoms with Crippen LogP contribution in [0.3, 0.4) is 0 Å². The fourth-order valence-corrected chi connectivity index (χ4v) is 3.27. The number of carbonyl (C=O) groups is 1. The van der Waals surface area contributed by atoms with Crippen molar-refractivity contribution in [2.75, 3.05) is 13.7 Å². The molecule has 20 heavy (non-hydrogen) atoms. The first-order valence-corrected chi connectivity index (χ1v) is 7.72. The Labute approximate surface area is 132 Å². The molecule has 0 aliphatic carbocycles. The van der Waals surface area contributed by atoms with Gasteiger partial charge in [0.15, 0.2) is 0 Å². The summed E-state index contributed by atoms with van der Waals surface area (Å²) in [6.07, 6.45) is 0.756. The van der Waals surface area contributed by atoms with Crippen molar-refractivity contribution in [3.05, 3.63) is 38.5 Å². The van der Waals surface area contributed by atoms with Gasteiger partial charge in [0.05, 0.1) is 6.04 Å². The van der Waals surface area contributed by atoms with E-state index in [0.717, 1.165) is 17.1 Å². The van der Waals surface area contributed by atoms with Gasteiger partial charge in [-0.25, -0.2) is 4.98 Å². The lowest BCUT2D eigenvalue weighted by molar-refractivity contribution is -0.125. The summed E-state index contributed by atoms with van der Waals surface area (Å²) in [6.45, 7) is 2.03. The van der Waals surface area contributed by atoms with Crippen LogP contribution in [0, 0.1) is 6.92 Å². The second-order valence-electron chi connectivity index (χ2n) is 4.22. The van der Waals surface area contributed by atoms with E-state index < -0.39 is 0 Å². The summed E-state index contributed by atoms with van der Waals surface area (Å²) in [5.41, 5.74) is 2.19. The summed E-state index contributed by atoms with van der Waals surface area (Å²) in [4.78, 5) is 16.2. The molecule has 2 aromatic rings. The molecule has 0 aromatic carbocycles. The van der Waals surface area contributed by atoms with Gasteiger partial charge in [-0.3, -0.25) is 4.79 Å². The highest BCUT2D eigenvalue weighted by Gasteiger charge is 2.18. The molecule has 0 fully saturated rings. The van der Waals surface area contributed by atoms with Gasteiger partial charge in [0.2, 0.25) is 5.91 Å². The Balaban J connectivity index is 0.00000200. The van der Waals surface area contributed by atoms with E-state index >= 15 is 0 Å². The fourth-order valence-electron chi connectivity index (χ4n) is 1.74. The number of carbonyl (C=O) groups excluding carboxylic acids is 1. The number of nitrogens with zero attached hydrogens (tertiary/aromatic N) is 1. The van der Waals surface area contributed by atoms with Gasteiger partial charge in [-0.05, 0) is 29.3 Å². The minimum Gasteiger partial charge on any atom is -0.375 e. The number of amides is 1. The summed E-state index contributed by atoms with van der Waals surface area (Å²) in [5.74, 6) is -0.115. The van der Waals surface area contributed by atoms with E-state index in [4.69, 9.17) is 4.74 Å². The maximum atomic E-state index is 11.7. The van der Waals surface area contributed by atoms with Crippen molar-refractivity contribution in [3.63, 3.8) is 0 Å². The first-order valence-electron chi connectivity index (χ1n) is 5.90. The monoisotopic (exact) mass is 332 g/mol. The van der Waals surface area contributed by atoms with Gasteiger partial charge < -0.3 is 10.1 Å². The summed E-state index contributed by atoms with van der Waals surface area (Å²) in [5, 5.41) is 10.0. The number of halogens is 1. The van der Waals surface area contributed by atoms with Crippen molar-refractivity contribution >= 4 is 41.0 Å². The molecule has 4 nitrogen and oxygen atoms in total. The highest BCUT2D eigenvalue weighted by molar-refractivity contribution is 7.09. The minimum absolute atomic E-state index is 0. The van der Waals surface area contributed by atoms with Crippen LogP contribution in [-0.2, 0) is 16.0 Å². The topological polar surface area (TPSA) is 51.2 Å². The minimum atomic E-state index is -0.115. The molecule has 110 valence electrons. The Hall–Kier alpha value is -0.950. The van der Waals surface area contributed by atoms with Gasteiger partial charge in [-0.15, -0.1) is 23.7 Å². The number of ether oxygens (including phenoxy) is 1. The van der Waals surface area contributed by atoms with Crippen molar-refractivity contribution in [1.29, 1.82) is 0 Å². The van der Waals surface area contributed by atoms with E-state index in [0.29, 0.717) is 0 Å². The molecular formula is C13H17ClN2O2S2. The zero-order chi connectivity index (χ0) is 13.7. The standard InChI is InChI=1S/C13H16N2O2S2.ClH/c1-9-7-19-13(14-9)11(15-12(16)6-17-2)5-10-3-4-18-8-10;/h3-4,7-8,11H,5-6H2,1-2H3,(H,15,16);1H. The molecule has 2 heterocycles. The molecule has 0 saturated heterocycles. The van der Waals surface area contributed by atoms with Crippen molar-refractivity contribution < 1.29 is 9.53 Å². The Bertz CT molecular complexity index is 528. The first kappa shape index (κ1) is 17.1. The molecule has 0 bridgehead atoms. The average molecular weight is 333 g/mol. The Kier molecular flexibility index (Phi) is 7.15. The number of rotatable bonds is 6. The van der Waals surface area contributed by atoms with Crippen LogP contribution in [-0.4, -0.2) is 24.6 Å². The number of methoxy groups -OCH3 is 1. The van der Waals surface area contributed by atoms with Crippen LogP contribution in [0.1, 0.15) is 22.3 Å². The van der Waals surface area contributed by atoms with E-state index in [1.165, 1.54) is 12.7 Å². The average Bonchev–Trinajstić information content (AvgIpc) is 3.00. The lowest BCUT2D eigenvalue weighted by atomic mass is 10.1. The molecule has 1 amide bonds. The van der Waals surface area contributed by atoms with E-state index in [9.17, 15) is 4.79 Å². The third-order valence-corrected chi connectivity index (χ3v) is 4.37. The normalized spacial score (nSPS) is 11.7. The first-order chi connectivity index (χ1) is 9.19. The molecule has 2 rings (SSSR count). The third-order valence-electron chi connectivity index (χ3n) is 2.57. The SMILES string of the molecule is COCC(=O)NC(Cc1ccsc1)c1nc(C)cs1.Cl. The van der Waals surface area contributed by atoms with Crippen LogP contribution in [0.4, 0.5) is 0 Å². The Morgan fingerprint density at radius 2 is 2.30 bits per heavy atom. The van der Waals surface area contributed by atoms with E-state index in [1.807, 2.05) is 17.7 Å². The van der Waals surface area contributed by atoms with Crippen molar-refractivity contribution in [2.24, 2.45) is 0 Å². The number of nitrogens with one attached hydrogen (secondary N) is 1. The van der Waals surface area contributed by atoms with Crippen LogP contribution in [0.5, 0.6) is 0 Å². The number of thiazole rings is 1. The van der Waals surface area contributed by atoms with Gasteiger partial charge in [-0.1, -0.05) is 0 Å². The van der Waals surface area contributed by atoms with Gasteiger partial charge in [0, 0.05) is 24.6 Å². The summed E-state index contributed by atoms with van der Waals surface area (Å²) < 4.78 is 4.85. The maximum Gasteiger partial charge on any atom is 0.246 e. The summed E-state index contributed by atoms with van der Waals surface area (Å²) in [7, 11) is 1.51. The molecule has 0 saturated carbocycles. The van der Waals surface area contributed by atoms with Crippen molar-refractivity contribution in [1.82, 2.24) is 10.3 Å². The summed E-state index contributed by atoms with van der Waals surface area (Å²) >= 11 is 3.23. The number of aryl methyl sites for hydroxylation is 1. The third kappa shape index (κ3) is 4.86. The second kappa shape index (κ2) is 8.36. The number of aromatic nitrogens is 1. The van der Waals surface area contributed by atoms with Crippen LogP contribution >= 0.6 is 35.1 Å². The number of hydrogen-bond acceptors (Lipinski definition) is 5. The Morgan fingerprint density at radius 1 is 1.50 bits per heavy atom. The zero-order valence-electron chi connectivity index (χ0n) is 11.3. The van der Waals surface area contributed by atoms with Gasteiger partial charge in [0.25, 0.3) is 0 Å².